The minimum Gasteiger partial charge on any atom is -0.353 e. The van der Waals surface area contributed by atoms with Gasteiger partial charge in [-0.15, -0.1) is 11.3 Å². The molecular formula is C20H23N3O3S. The molecule has 2 aliphatic rings. The summed E-state index contributed by atoms with van der Waals surface area (Å²) in [5.41, 5.74) is 2.90. The molecule has 1 aromatic carbocycles. The molecule has 2 N–H and O–H groups in total. The number of hydrogen-bond acceptors (Lipinski definition) is 5. The smallest absolute Gasteiger partial charge is 0.269 e. The van der Waals surface area contributed by atoms with Crippen LogP contribution in [-0.2, 0) is 12.8 Å². The SMILES string of the molecule is CC(C)(C)[C@H]1CCc2c(sc3c2C(=O)N[C@@H](c2cccc([N+](=O)[O-])c2)N3)C1. The van der Waals surface area contributed by atoms with Crippen LogP contribution >= 0.6 is 11.3 Å². The Morgan fingerprint density at radius 3 is 2.74 bits per heavy atom. The highest BCUT2D eigenvalue weighted by atomic mass is 32.1. The Hall–Kier alpha value is -2.41. The number of nitro groups is 1. The molecule has 0 fully saturated rings. The summed E-state index contributed by atoms with van der Waals surface area (Å²) in [5, 5.41) is 18.3. The largest absolute Gasteiger partial charge is 0.353 e. The third-order valence-electron chi connectivity index (χ3n) is 5.68. The van der Waals surface area contributed by atoms with E-state index in [0.717, 1.165) is 29.8 Å². The maximum Gasteiger partial charge on any atom is 0.269 e. The van der Waals surface area contributed by atoms with Crippen molar-refractivity contribution in [3.05, 3.63) is 55.9 Å². The van der Waals surface area contributed by atoms with E-state index in [-0.39, 0.29) is 17.0 Å². The van der Waals surface area contributed by atoms with Gasteiger partial charge in [-0.05, 0) is 36.2 Å². The third-order valence-corrected chi connectivity index (χ3v) is 6.87. The van der Waals surface area contributed by atoms with Crippen molar-refractivity contribution in [2.24, 2.45) is 11.3 Å². The maximum atomic E-state index is 12.8. The summed E-state index contributed by atoms with van der Waals surface area (Å²) in [5.74, 6) is 0.521. The van der Waals surface area contributed by atoms with E-state index < -0.39 is 11.1 Å². The second-order valence-corrected chi connectivity index (χ2v) is 9.52. The molecule has 1 aliphatic heterocycles. The van der Waals surface area contributed by atoms with Gasteiger partial charge < -0.3 is 10.6 Å². The van der Waals surface area contributed by atoms with Gasteiger partial charge in [0.15, 0.2) is 0 Å². The number of rotatable bonds is 2. The number of hydrogen-bond donors (Lipinski definition) is 2. The van der Waals surface area contributed by atoms with Crippen LogP contribution in [0.3, 0.4) is 0 Å². The van der Waals surface area contributed by atoms with Gasteiger partial charge >= 0.3 is 0 Å². The average molecular weight is 385 g/mol. The highest BCUT2D eigenvalue weighted by molar-refractivity contribution is 7.16. The number of non-ortho nitro benzene ring substituents is 1. The monoisotopic (exact) mass is 385 g/mol. The van der Waals surface area contributed by atoms with Gasteiger partial charge in [-0.3, -0.25) is 14.9 Å². The van der Waals surface area contributed by atoms with E-state index in [4.69, 9.17) is 0 Å². The zero-order chi connectivity index (χ0) is 19.3. The summed E-state index contributed by atoms with van der Waals surface area (Å²) >= 11 is 1.66. The van der Waals surface area contributed by atoms with E-state index in [1.54, 1.807) is 23.5 Å². The van der Waals surface area contributed by atoms with Crippen molar-refractivity contribution in [3.8, 4) is 0 Å². The Balaban J connectivity index is 1.64. The molecule has 2 heterocycles. The van der Waals surface area contributed by atoms with E-state index >= 15 is 0 Å². The maximum absolute atomic E-state index is 12.8. The van der Waals surface area contributed by atoms with Crippen LogP contribution in [-0.4, -0.2) is 10.8 Å². The molecule has 1 amide bonds. The summed E-state index contributed by atoms with van der Waals surface area (Å²) in [7, 11) is 0. The molecule has 0 unspecified atom stereocenters. The molecule has 4 rings (SSSR count). The molecule has 0 radical (unpaired) electrons. The van der Waals surface area contributed by atoms with Crippen molar-refractivity contribution in [1.82, 2.24) is 5.32 Å². The molecule has 27 heavy (non-hydrogen) atoms. The number of fused-ring (bicyclic) bond motifs is 3. The fraction of sp³-hybridized carbons (Fsp3) is 0.450. The summed E-state index contributed by atoms with van der Waals surface area (Å²) in [6.45, 7) is 6.83. The quantitative estimate of drug-likeness (QED) is 0.582. The van der Waals surface area contributed by atoms with Crippen LogP contribution < -0.4 is 10.6 Å². The van der Waals surface area contributed by atoms with Gasteiger partial charge in [-0.25, -0.2) is 0 Å². The topological polar surface area (TPSA) is 84.3 Å². The first kappa shape index (κ1) is 18.0. The summed E-state index contributed by atoms with van der Waals surface area (Å²) in [4.78, 5) is 24.7. The molecule has 0 saturated carbocycles. The van der Waals surface area contributed by atoms with Gasteiger partial charge in [0.05, 0.1) is 10.5 Å². The lowest BCUT2D eigenvalue weighted by molar-refractivity contribution is -0.384. The Bertz CT molecular complexity index is 929. The lowest BCUT2D eigenvalue weighted by Crippen LogP contribution is -2.38. The van der Waals surface area contributed by atoms with Crippen molar-refractivity contribution in [2.45, 2.75) is 46.2 Å². The molecule has 142 valence electrons. The number of amides is 1. The van der Waals surface area contributed by atoms with Crippen LogP contribution in [0.25, 0.3) is 0 Å². The van der Waals surface area contributed by atoms with Crippen LogP contribution in [0.5, 0.6) is 0 Å². The molecule has 0 spiro atoms. The van der Waals surface area contributed by atoms with Gasteiger partial charge in [-0.1, -0.05) is 32.9 Å². The second-order valence-electron chi connectivity index (χ2n) is 8.42. The summed E-state index contributed by atoms with van der Waals surface area (Å²) in [6.07, 6.45) is 2.58. The molecule has 0 bridgehead atoms. The number of carbonyl (C=O) groups excluding carboxylic acids is 1. The van der Waals surface area contributed by atoms with E-state index in [1.807, 2.05) is 0 Å². The number of nitrogens with one attached hydrogen (secondary N) is 2. The van der Waals surface area contributed by atoms with Crippen LogP contribution in [0.15, 0.2) is 24.3 Å². The van der Waals surface area contributed by atoms with Crippen molar-refractivity contribution in [3.63, 3.8) is 0 Å². The van der Waals surface area contributed by atoms with Crippen molar-refractivity contribution >= 4 is 27.9 Å². The Kier molecular flexibility index (Phi) is 4.22. The number of thiophene rings is 1. The Labute approximate surface area is 162 Å². The first-order valence-electron chi connectivity index (χ1n) is 9.20. The molecule has 7 heteroatoms. The lowest BCUT2D eigenvalue weighted by Gasteiger charge is -2.34. The number of benzene rings is 1. The zero-order valence-corrected chi connectivity index (χ0v) is 16.5. The number of anilines is 1. The Morgan fingerprint density at radius 1 is 1.26 bits per heavy atom. The summed E-state index contributed by atoms with van der Waals surface area (Å²) in [6, 6.07) is 6.39. The van der Waals surface area contributed by atoms with E-state index in [1.165, 1.54) is 22.6 Å². The van der Waals surface area contributed by atoms with Crippen LogP contribution in [0.2, 0.25) is 0 Å². The molecule has 6 nitrogen and oxygen atoms in total. The van der Waals surface area contributed by atoms with E-state index in [0.29, 0.717) is 11.5 Å². The lowest BCUT2D eigenvalue weighted by atomic mass is 9.72. The first-order chi connectivity index (χ1) is 12.7. The molecule has 2 aromatic rings. The van der Waals surface area contributed by atoms with Gasteiger partial charge in [0.1, 0.15) is 11.2 Å². The average Bonchev–Trinajstić information content (AvgIpc) is 2.99. The van der Waals surface area contributed by atoms with Crippen LogP contribution in [0, 0.1) is 21.4 Å². The van der Waals surface area contributed by atoms with Gasteiger partial charge in [0, 0.05) is 22.6 Å². The number of nitrogens with zero attached hydrogens (tertiary/aromatic N) is 1. The van der Waals surface area contributed by atoms with Gasteiger partial charge in [0.2, 0.25) is 0 Å². The molecule has 1 aromatic heterocycles. The molecular weight excluding hydrogens is 362 g/mol. The van der Waals surface area contributed by atoms with Gasteiger partial charge in [-0.2, -0.15) is 0 Å². The number of nitro benzene ring substituents is 1. The second kappa shape index (κ2) is 6.34. The Morgan fingerprint density at radius 2 is 2.04 bits per heavy atom. The number of carbonyl (C=O) groups is 1. The highest BCUT2D eigenvalue weighted by Crippen LogP contribution is 2.46. The fourth-order valence-electron chi connectivity index (χ4n) is 4.02. The normalized spacial score (nSPS) is 21.7. The van der Waals surface area contributed by atoms with E-state index in [2.05, 4.69) is 31.4 Å². The third kappa shape index (κ3) is 3.20. The standard InChI is InChI=1S/C20H23N3O3S/c1-20(2,3)12-7-8-14-15(10-12)27-19-16(14)18(24)21-17(22-19)11-5-4-6-13(9-11)23(25)26/h4-6,9,12,17,22H,7-8,10H2,1-3H3,(H,21,24)/t12-,17+/m0/s1. The molecule has 0 saturated heterocycles. The van der Waals surface area contributed by atoms with E-state index in [9.17, 15) is 14.9 Å². The van der Waals surface area contributed by atoms with Gasteiger partial charge in [0.25, 0.3) is 11.6 Å². The first-order valence-corrected chi connectivity index (χ1v) is 10.0. The van der Waals surface area contributed by atoms with Crippen molar-refractivity contribution < 1.29 is 9.72 Å². The van der Waals surface area contributed by atoms with Crippen LogP contribution in [0.1, 0.15) is 59.7 Å². The summed E-state index contributed by atoms with van der Waals surface area (Å²) < 4.78 is 0. The highest BCUT2D eigenvalue weighted by Gasteiger charge is 2.36. The van der Waals surface area contributed by atoms with Crippen LogP contribution in [0.4, 0.5) is 10.7 Å². The molecule has 2 atom stereocenters. The zero-order valence-electron chi connectivity index (χ0n) is 15.7. The predicted molar refractivity (Wildman–Crippen MR) is 106 cm³/mol. The van der Waals surface area contributed by atoms with Crippen molar-refractivity contribution in [2.75, 3.05) is 5.32 Å². The molecule has 1 aliphatic carbocycles. The predicted octanol–water partition coefficient (Wildman–Crippen LogP) is 4.66. The minimum atomic E-state index is -0.455. The fourth-order valence-corrected chi connectivity index (χ4v) is 5.37. The van der Waals surface area contributed by atoms with Crippen molar-refractivity contribution in [1.29, 1.82) is 0 Å². The minimum absolute atomic E-state index is 0.0211.